The normalized spacial score (nSPS) is 12.9. The second-order valence-electron chi connectivity index (χ2n) is 3.22. The van der Waals surface area contributed by atoms with Crippen molar-refractivity contribution in [3.8, 4) is 0 Å². The van der Waals surface area contributed by atoms with E-state index in [1.165, 1.54) is 4.88 Å². The Hall–Kier alpha value is -0.420. The molecule has 0 radical (unpaired) electrons. The van der Waals surface area contributed by atoms with Gasteiger partial charge in [-0.3, -0.25) is 0 Å². The third kappa shape index (κ3) is 5.28. The fraction of sp³-hybridized carbons (Fsp3) is 0.636. The molecule has 1 heterocycles. The van der Waals surface area contributed by atoms with Gasteiger partial charge in [-0.25, -0.2) is 0 Å². The fourth-order valence-corrected chi connectivity index (χ4v) is 1.95. The van der Waals surface area contributed by atoms with Gasteiger partial charge in [0.15, 0.2) is 0 Å². The van der Waals surface area contributed by atoms with Crippen molar-refractivity contribution in [2.24, 2.45) is 5.73 Å². The molecule has 0 aliphatic carbocycles. The molecule has 0 aromatic carbocycles. The van der Waals surface area contributed by atoms with Crippen molar-refractivity contribution in [1.29, 1.82) is 0 Å². The van der Waals surface area contributed by atoms with Crippen molar-refractivity contribution in [2.45, 2.75) is 19.4 Å². The number of nitrogens with two attached hydrogens (primary N) is 1. The van der Waals surface area contributed by atoms with Gasteiger partial charge in [0, 0.05) is 24.4 Å². The second kappa shape index (κ2) is 7.82. The summed E-state index contributed by atoms with van der Waals surface area (Å²) in [5.74, 6) is 0. The minimum atomic E-state index is 0.0401. The van der Waals surface area contributed by atoms with E-state index in [0.717, 1.165) is 13.0 Å². The van der Waals surface area contributed by atoms with Gasteiger partial charge >= 0.3 is 0 Å². The number of thiophene rings is 1. The summed E-state index contributed by atoms with van der Waals surface area (Å²) in [7, 11) is 0. The maximum Gasteiger partial charge on any atom is 0.0930 e. The van der Waals surface area contributed by atoms with Crippen LogP contribution in [0.15, 0.2) is 17.5 Å². The highest BCUT2D eigenvalue weighted by Crippen LogP contribution is 2.08. The van der Waals surface area contributed by atoms with E-state index < -0.39 is 0 Å². The van der Waals surface area contributed by atoms with Crippen LogP contribution in [0.3, 0.4) is 0 Å². The SMILES string of the molecule is CCOC(CN)COCCc1cccs1. The van der Waals surface area contributed by atoms with E-state index in [-0.39, 0.29) is 6.10 Å². The maximum absolute atomic E-state index is 5.53. The summed E-state index contributed by atoms with van der Waals surface area (Å²) in [5, 5.41) is 2.08. The van der Waals surface area contributed by atoms with Crippen LogP contribution in [-0.2, 0) is 15.9 Å². The largest absolute Gasteiger partial charge is 0.378 e. The van der Waals surface area contributed by atoms with Crippen molar-refractivity contribution in [3.05, 3.63) is 22.4 Å². The molecule has 0 bridgehead atoms. The molecule has 0 fully saturated rings. The average molecular weight is 229 g/mol. The standard InChI is InChI=1S/C11H19NO2S/c1-2-14-10(8-12)9-13-6-5-11-4-3-7-15-11/h3-4,7,10H,2,5-6,8-9,12H2,1H3. The minimum absolute atomic E-state index is 0.0401. The van der Waals surface area contributed by atoms with E-state index in [1.807, 2.05) is 6.92 Å². The number of hydrogen-bond acceptors (Lipinski definition) is 4. The van der Waals surface area contributed by atoms with Gasteiger partial charge in [0.25, 0.3) is 0 Å². The fourth-order valence-electron chi connectivity index (χ4n) is 1.26. The van der Waals surface area contributed by atoms with Gasteiger partial charge in [-0.15, -0.1) is 11.3 Å². The Kier molecular flexibility index (Phi) is 6.59. The molecule has 1 atom stereocenters. The molecule has 0 spiro atoms. The Bertz CT molecular complexity index is 239. The lowest BCUT2D eigenvalue weighted by molar-refractivity contribution is -0.00557. The molecule has 3 nitrogen and oxygen atoms in total. The van der Waals surface area contributed by atoms with E-state index in [0.29, 0.717) is 19.8 Å². The number of hydrogen-bond donors (Lipinski definition) is 1. The third-order valence-corrected chi connectivity index (χ3v) is 2.98. The highest BCUT2D eigenvalue weighted by molar-refractivity contribution is 7.09. The molecule has 0 saturated carbocycles. The highest BCUT2D eigenvalue weighted by atomic mass is 32.1. The molecular formula is C11H19NO2S. The molecule has 15 heavy (non-hydrogen) atoms. The van der Waals surface area contributed by atoms with Crippen molar-refractivity contribution in [3.63, 3.8) is 0 Å². The van der Waals surface area contributed by atoms with Crippen molar-refractivity contribution >= 4 is 11.3 Å². The van der Waals surface area contributed by atoms with E-state index in [9.17, 15) is 0 Å². The summed E-state index contributed by atoms with van der Waals surface area (Å²) in [6, 6.07) is 4.18. The molecule has 1 aromatic heterocycles. The van der Waals surface area contributed by atoms with Crippen LogP contribution in [0.25, 0.3) is 0 Å². The Morgan fingerprint density at radius 3 is 3.00 bits per heavy atom. The van der Waals surface area contributed by atoms with Crippen molar-refractivity contribution < 1.29 is 9.47 Å². The Morgan fingerprint density at radius 1 is 1.53 bits per heavy atom. The Labute approximate surface area is 95.2 Å². The Morgan fingerprint density at radius 2 is 2.40 bits per heavy atom. The lowest BCUT2D eigenvalue weighted by Gasteiger charge is -2.14. The first-order valence-electron chi connectivity index (χ1n) is 5.28. The topological polar surface area (TPSA) is 44.5 Å². The smallest absolute Gasteiger partial charge is 0.0930 e. The first kappa shape index (κ1) is 12.6. The molecule has 2 N–H and O–H groups in total. The summed E-state index contributed by atoms with van der Waals surface area (Å²) in [6.07, 6.45) is 1.01. The predicted molar refractivity (Wildman–Crippen MR) is 63.3 cm³/mol. The van der Waals surface area contributed by atoms with E-state index in [1.54, 1.807) is 11.3 Å². The van der Waals surface area contributed by atoms with Crippen molar-refractivity contribution in [1.82, 2.24) is 0 Å². The summed E-state index contributed by atoms with van der Waals surface area (Å²) in [4.78, 5) is 1.36. The molecule has 0 saturated heterocycles. The second-order valence-corrected chi connectivity index (χ2v) is 4.25. The molecule has 1 rings (SSSR count). The predicted octanol–water partition coefficient (Wildman–Crippen LogP) is 1.67. The first-order valence-corrected chi connectivity index (χ1v) is 6.16. The lowest BCUT2D eigenvalue weighted by atomic mass is 10.3. The van der Waals surface area contributed by atoms with Gasteiger partial charge < -0.3 is 15.2 Å². The van der Waals surface area contributed by atoms with E-state index in [2.05, 4.69) is 17.5 Å². The monoisotopic (exact) mass is 229 g/mol. The molecule has 0 amide bonds. The number of ether oxygens (including phenoxy) is 2. The molecule has 1 unspecified atom stereocenters. The summed E-state index contributed by atoms with van der Waals surface area (Å²) in [5.41, 5.74) is 5.53. The molecule has 1 aromatic rings. The summed E-state index contributed by atoms with van der Waals surface area (Å²) < 4.78 is 10.9. The van der Waals surface area contributed by atoms with Gasteiger partial charge in [-0.05, 0) is 18.4 Å². The van der Waals surface area contributed by atoms with Crippen LogP contribution < -0.4 is 5.73 Å². The minimum Gasteiger partial charge on any atom is -0.378 e. The molecule has 0 aliphatic rings. The van der Waals surface area contributed by atoms with E-state index >= 15 is 0 Å². The van der Waals surface area contributed by atoms with Crippen LogP contribution in [0, 0.1) is 0 Å². The Balaban J connectivity index is 2.05. The van der Waals surface area contributed by atoms with Gasteiger partial charge in [0.1, 0.15) is 0 Å². The van der Waals surface area contributed by atoms with Gasteiger partial charge in [0.05, 0.1) is 19.3 Å². The molecule has 0 aliphatic heterocycles. The van der Waals surface area contributed by atoms with Crippen LogP contribution in [-0.4, -0.2) is 32.5 Å². The zero-order valence-electron chi connectivity index (χ0n) is 9.15. The van der Waals surface area contributed by atoms with Gasteiger partial charge in [-0.2, -0.15) is 0 Å². The first-order chi connectivity index (χ1) is 7.36. The van der Waals surface area contributed by atoms with Gasteiger partial charge in [-0.1, -0.05) is 6.07 Å². The van der Waals surface area contributed by atoms with Crippen LogP contribution in [0.5, 0.6) is 0 Å². The van der Waals surface area contributed by atoms with E-state index in [4.69, 9.17) is 15.2 Å². The maximum atomic E-state index is 5.53. The van der Waals surface area contributed by atoms with Crippen molar-refractivity contribution in [2.75, 3.05) is 26.4 Å². The summed E-state index contributed by atoms with van der Waals surface area (Å²) in [6.45, 7) is 4.51. The van der Waals surface area contributed by atoms with Gasteiger partial charge in [0.2, 0.25) is 0 Å². The molecular weight excluding hydrogens is 210 g/mol. The number of rotatable bonds is 8. The zero-order valence-corrected chi connectivity index (χ0v) is 9.96. The summed E-state index contributed by atoms with van der Waals surface area (Å²) >= 11 is 1.76. The zero-order chi connectivity index (χ0) is 10.9. The third-order valence-electron chi connectivity index (χ3n) is 2.04. The molecule has 4 heteroatoms. The van der Waals surface area contributed by atoms with Crippen LogP contribution in [0.1, 0.15) is 11.8 Å². The quantitative estimate of drug-likeness (QED) is 0.690. The lowest BCUT2D eigenvalue weighted by Crippen LogP contribution is -2.29. The average Bonchev–Trinajstić information content (AvgIpc) is 2.75. The van der Waals surface area contributed by atoms with Crippen LogP contribution in [0.2, 0.25) is 0 Å². The van der Waals surface area contributed by atoms with Crippen LogP contribution in [0.4, 0.5) is 0 Å². The van der Waals surface area contributed by atoms with Crippen LogP contribution >= 0.6 is 11.3 Å². The molecule has 86 valence electrons. The highest BCUT2D eigenvalue weighted by Gasteiger charge is 2.05.